The van der Waals surface area contributed by atoms with Crippen molar-refractivity contribution in [3.05, 3.63) is 70.7 Å². The van der Waals surface area contributed by atoms with E-state index in [1.807, 2.05) is 18.3 Å². The van der Waals surface area contributed by atoms with Gasteiger partial charge in [0.15, 0.2) is 0 Å². The predicted molar refractivity (Wildman–Crippen MR) is 78.8 cm³/mol. The molecule has 1 N–H and O–H groups in total. The molecular formula is C15H12BrN3. The number of H-pyrrole nitrogens is 1. The van der Waals surface area contributed by atoms with Crippen LogP contribution < -0.4 is 0 Å². The zero-order valence-corrected chi connectivity index (χ0v) is 11.8. The molecule has 0 saturated carbocycles. The van der Waals surface area contributed by atoms with Crippen molar-refractivity contribution in [1.29, 1.82) is 0 Å². The van der Waals surface area contributed by atoms with E-state index < -0.39 is 0 Å². The number of benzene rings is 1. The second-order valence-electron chi connectivity index (χ2n) is 4.30. The van der Waals surface area contributed by atoms with E-state index in [1.165, 1.54) is 5.56 Å². The minimum atomic E-state index is 0.838. The van der Waals surface area contributed by atoms with Crippen LogP contribution in [0.1, 0.15) is 11.3 Å². The van der Waals surface area contributed by atoms with Crippen molar-refractivity contribution in [3.8, 4) is 11.1 Å². The predicted octanol–water partition coefficient (Wildman–Crippen LogP) is 3.83. The van der Waals surface area contributed by atoms with E-state index >= 15 is 0 Å². The summed E-state index contributed by atoms with van der Waals surface area (Å²) in [4.78, 5) is 4.04. The number of hydrogen-bond acceptors (Lipinski definition) is 2. The van der Waals surface area contributed by atoms with Gasteiger partial charge in [-0.05, 0) is 35.4 Å². The summed E-state index contributed by atoms with van der Waals surface area (Å²) < 4.78 is 1.09. The average molecular weight is 314 g/mol. The maximum Gasteiger partial charge on any atom is 0.0568 e. The zero-order valence-electron chi connectivity index (χ0n) is 10.2. The third kappa shape index (κ3) is 2.74. The Morgan fingerprint density at radius 1 is 1.00 bits per heavy atom. The van der Waals surface area contributed by atoms with Crippen LogP contribution in [0.5, 0.6) is 0 Å². The topological polar surface area (TPSA) is 41.6 Å². The van der Waals surface area contributed by atoms with Gasteiger partial charge in [0, 0.05) is 34.5 Å². The summed E-state index contributed by atoms with van der Waals surface area (Å²) in [5.41, 5.74) is 4.64. The van der Waals surface area contributed by atoms with E-state index in [9.17, 15) is 0 Å². The van der Waals surface area contributed by atoms with Crippen molar-refractivity contribution < 1.29 is 0 Å². The zero-order chi connectivity index (χ0) is 13.1. The maximum absolute atomic E-state index is 4.16. The van der Waals surface area contributed by atoms with Crippen molar-refractivity contribution in [3.63, 3.8) is 0 Å². The molecule has 1 aromatic carbocycles. The second kappa shape index (κ2) is 5.36. The highest BCUT2D eigenvalue weighted by Crippen LogP contribution is 2.23. The van der Waals surface area contributed by atoms with Gasteiger partial charge in [-0.25, -0.2) is 0 Å². The van der Waals surface area contributed by atoms with Gasteiger partial charge in [0.05, 0.1) is 6.20 Å². The molecule has 2 heterocycles. The fraction of sp³-hybridized carbons (Fsp3) is 0.0667. The van der Waals surface area contributed by atoms with Gasteiger partial charge in [-0.1, -0.05) is 28.1 Å². The van der Waals surface area contributed by atoms with E-state index in [0.717, 1.165) is 27.7 Å². The molecule has 0 saturated heterocycles. The van der Waals surface area contributed by atoms with E-state index in [2.05, 4.69) is 55.4 Å². The summed E-state index contributed by atoms with van der Waals surface area (Å²) in [6.07, 6.45) is 6.30. The molecular weight excluding hydrogens is 302 g/mol. The van der Waals surface area contributed by atoms with Crippen LogP contribution in [0.15, 0.2) is 59.5 Å². The standard InChI is InChI=1S/C15H12BrN3/c16-13-3-1-11(2-4-13)9-15-14(10-18-19-15)12-5-7-17-8-6-12/h1-8,10H,9H2,(H,18,19). The van der Waals surface area contributed by atoms with Crippen molar-refractivity contribution in [2.45, 2.75) is 6.42 Å². The molecule has 0 aliphatic heterocycles. The third-order valence-corrected chi connectivity index (χ3v) is 3.53. The lowest BCUT2D eigenvalue weighted by atomic mass is 10.0. The SMILES string of the molecule is Brc1ccc(Cc2[nH]ncc2-c2ccncc2)cc1. The Morgan fingerprint density at radius 3 is 2.47 bits per heavy atom. The molecule has 0 spiro atoms. The Kier molecular flexibility index (Phi) is 3.42. The minimum absolute atomic E-state index is 0.838. The molecule has 0 atom stereocenters. The Balaban J connectivity index is 1.91. The highest BCUT2D eigenvalue weighted by molar-refractivity contribution is 9.10. The van der Waals surface area contributed by atoms with E-state index in [-0.39, 0.29) is 0 Å². The van der Waals surface area contributed by atoms with Crippen molar-refractivity contribution in [2.75, 3.05) is 0 Å². The van der Waals surface area contributed by atoms with Crippen LogP contribution in [0, 0.1) is 0 Å². The van der Waals surface area contributed by atoms with Gasteiger partial charge >= 0.3 is 0 Å². The summed E-state index contributed by atoms with van der Waals surface area (Å²) >= 11 is 3.45. The smallest absolute Gasteiger partial charge is 0.0568 e. The lowest BCUT2D eigenvalue weighted by Gasteiger charge is -2.04. The van der Waals surface area contributed by atoms with Gasteiger partial charge in [0.2, 0.25) is 0 Å². The summed E-state index contributed by atoms with van der Waals surface area (Å²) in [5, 5.41) is 7.24. The molecule has 2 aromatic heterocycles. The summed E-state index contributed by atoms with van der Waals surface area (Å²) in [6.45, 7) is 0. The van der Waals surface area contributed by atoms with Crippen molar-refractivity contribution >= 4 is 15.9 Å². The molecule has 0 amide bonds. The monoisotopic (exact) mass is 313 g/mol. The molecule has 0 aliphatic carbocycles. The van der Waals surface area contributed by atoms with Crippen LogP contribution >= 0.6 is 15.9 Å². The molecule has 19 heavy (non-hydrogen) atoms. The van der Waals surface area contributed by atoms with Crippen LogP contribution in [-0.2, 0) is 6.42 Å². The highest BCUT2D eigenvalue weighted by atomic mass is 79.9. The maximum atomic E-state index is 4.16. The van der Waals surface area contributed by atoms with E-state index in [4.69, 9.17) is 0 Å². The van der Waals surface area contributed by atoms with Crippen molar-refractivity contribution in [2.24, 2.45) is 0 Å². The molecule has 0 aliphatic rings. The Bertz CT molecular complexity index is 659. The number of nitrogens with one attached hydrogen (secondary N) is 1. The average Bonchev–Trinajstić information content (AvgIpc) is 2.90. The Morgan fingerprint density at radius 2 is 1.74 bits per heavy atom. The number of halogens is 1. The largest absolute Gasteiger partial charge is 0.282 e. The Hall–Kier alpha value is -1.94. The number of aromatic amines is 1. The lowest BCUT2D eigenvalue weighted by Crippen LogP contribution is -1.91. The first-order valence-electron chi connectivity index (χ1n) is 6.00. The molecule has 94 valence electrons. The first-order valence-corrected chi connectivity index (χ1v) is 6.79. The fourth-order valence-corrected chi connectivity index (χ4v) is 2.30. The number of rotatable bonds is 3. The second-order valence-corrected chi connectivity index (χ2v) is 5.22. The molecule has 0 bridgehead atoms. The molecule has 4 heteroatoms. The van der Waals surface area contributed by atoms with Gasteiger partial charge in [-0.15, -0.1) is 0 Å². The highest BCUT2D eigenvalue weighted by Gasteiger charge is 2.08. The minimum Gasteiger partial charge on any atom is -0.282 e. The van der Waals surface area contributed by atoms with Gasteiger partial charge in [-0.3, -0.25) is 10.1 Å². The molecule has 3 aromatic rings. The summed E-state index contributed by atoms with van der Waals surface area (Å²) in [5.74, 6) is 0. The van der Waals surface area contributed by atoms with Crippen LogP contribution in [0.4, 0.5) is 0 Å². The summed E-state index contributed by atoms with van der Waals surface area (Å²) in [6, 6.07) is 12.3. The molecule has 3 nitrogen and oxygen atoms in total. The van der Waals surface area contributed by atoms with Crippen molar-refractivity contribution in [1.82, 2.24) is 15.2 Å². The van der Waals surface area contributed by atoms with Crippen LogP contribution in [0.3, 0.4) is 0 Å². The number of pyridine rings is 1. The lowest BCUT2D eigenvalue weighted by molar-refractivity contribution is 0.997. The molecule has 0 radical (unpaired) electrons. The third-order valence-electron chi connectivity index (χ3n) is 3.00. The van der Waals surface area contributed by atoms with Gasteiger partial charge in [0.1, 0.15) is 0 Å². The molecule has 3 rings (SSSR count). The molecule has 0 fully saturated rings. The fourth-order valence-electron chi connectivity index (χ4n) is 2.03. The first kappa shape index (κ1) is 12.1. The first-order chi connectivity index (χ1) is 9.33. The number of aromatic nitrogens is 3. The van der Waals surface area contributed by atoms with Crippen LogP contribution in [0.2, 0.25) is 0 Å². The normalized spacial score (nSPS) is 10.6. The van der Waals surface area contributed by atoms with Gasteiger partial charge in [-0.2, -0.15) is 5.10 Å². The molecule has 0 unspecified atom stereocenters. The Labute approximate surface area is 119 Å². The van der Waals surface area contributed by atoms with E-state index in [0.29, 0.717) is 0 Å². The number of nitrogens with zero attached hydrogens (tertiary/aromatic N) is 2. The summed E-state index contributed by atoms with van der Waals surface area (Å²) in [7, 11) is 0. The van der Waals surface area contributed by atoms with Gasteiger partial charge < -0.3 is 0 Å². The van der Waals surface area contributed by atoms with Crippen LogP contribution in [-0.4, -0.2) is 15.2 Å². The quantitative estimate of drug-likeness (QED) is 0.798. The van der Waals surface area contributed by atoms with Crippen LogP contribution in [0.25, 0.3) is 11.1 Å². The van der Waals surface area contributed by atoms with Gasteiger partial charge in [0.25, 0.3) is 0 Å². The van der Waals surface area contributed by atoms with E-state index in [1.54, 1.807) is 12.4 Å². The number of hydrogen-bond donors (Lipinski definition) is 1.